The largest absolute Gasteiger partial charge is 0.309 e. The fourth-order valence-corrected chi connectivity index (χ4v) is 4.27. The van der Waals surface area contributed by atoms with Crippen LogP contribution in [0.15, 0.2) is 29.3 Å². The second-order valence-electron chi connectivity index (χ2n) is 6.39. The fraction of sp³-hybridized carbons (Fsp3) is 0.500. The molecule has 6 heteroatoms. The molecule has 0 saturated heterocycles. The summed E-state index contributed by atoms with van der Waals surface area (Å²) in [5.74, 6) is 0.102. The lowest BCUT2D eigenvalue weighted by molar-refractivity contribution is 0.519. The monoisotopic (exact) mass is 349 g/mol. The molecule has 2 aromatic rings. The van der Waals surface area contributed by atoms with Crippen LogP contribution in [-0.2, 0) is 23.4 Å². The molecule has 0 unspecified atom stereocenters. The van der Waals surface area contributed by atoms with Gasteiger partial charge in [0.2, 0.25) is 0 Å². The van der Waals surface area contributed by atoms with Crippen LogP contribution in [0.5, 0.6) is 0 Å². The molecule has 1 aromatic carbocycles. The van der Waals surface area contributed by atoms with Gasteiger partial charge in [-0.25, -0.2) is 8.42 Å². The van der Waals surface area contributed by atoms with Crippen LogP contribution in [0.2, 0.25) is 0 Å². The Morgan fingerprint density at radius 3 is 2.46 bits per heavy atom. The number of sulfone groups is 1. The number of nitrogens with one attached hydrogen (secondary N) is 1. The van der Waals surface area contributed by atoms with Crippen molar-refractivity contribution in [2.45, 2.75) is 51.6 Å². The number of hydrogen-bond acceptors (Lipinski definition) is 4. The summed E-state index contributed by atoms with van der Waals surface area (Å²) >= 11 is 0. The van der Waals surface area contributed by atoms with Crippen molar-refractivity contribution in [2.24, 2.45) is 7.05 Å². The zero-order chi connectivity index (χ0) is 17.9. The van der Waals surface area contributed by atoms with Gasteiger partial charge in [-0.1, -0.05) is 13.0 Å². The van der Waals surface area contributed by atoms with Gasteiger partial charge in [-0.05, 0) is 50.5 Å². The van der Waals surface area contributed by atoms with Gasteiger partial charge in [-0.2, -0.15) is 5.10 Å². The van der Waals surface area contributed by atoms with Gasteiger partial charge < -0.3 is 5.32 Å². The predicted octanol–water partition coefficient (Wildman–Crippen LogP) is 2.69. The molecule has 0 spiro atoms. The number of hydrogen-bond donors (Lipinski definition) is 1. The number of aryl methyl sites for hydroxylation is 3. The van der Waals surface area contributed by atoms with E-state index in [2.05, 4.69) is 10.4 Å². The van der Waals surface area contributed by atoms with Crippen molar-refractivity contribution in [3.05, 3.63) is 46.8 Å². The highest BCUT2D eigenvalue weighted by atomic mass is 32.2. The standard InChI is InChI=1S/C18H27N3O2S/c1-6-17(19-10-16-11-20-21(5)15(16)4)12-24(22,23)18-8-7-13(2)14(3)9-18/h7-9,11,17,19H,6,10,12H2,1-5H3/t17-/m1/s1. The fourth-order valence-electron chi connectivity index (χ4n) is 2.56. The molecule has 5 nitrogen and oxygen atoms in total. The number of aromatic nitrogens is 2. The number of benzene rings is 1. The van der Waals surface area contributed by atoms with Crippen LogP contribution in [0.4, 0.5) is 0 Å². The summed E-state index contributed by atoms with van der Waals surface area (Å²) in [5, 5.41) is 7.58. The summed E-state index contributed by atoms with van der Waals surface area (Å²) in [6.45, 7) is 8.56. The van der Waals surface area contributed by atoms with Gasteiger partial charge >= 0.3 is 0 Å². The van der Waals surface area contributed by atoms with E-state index in [1.54, 1.807) is 12.1 Å². The summed E-state index contributed by atoms with van der Waals surface area (Å²) in [6, 6.07) is 5.25. The molecule has 1 heterocycles. The van der Waals surface area contributed by atoms with Gasteiger partial charge in [0.05, 0.1) is 16.8 Å². The summed E-state index contributed by atoms with van der Waals surface area (Å²) in [5.41, 5.74) is 4.29. The van der Waals surface area contributed by atoms with E-state index in [9.17, 15) is 8.42 Å². The van der Waals surface area contributed by atoms with E-state index in [4.69, 9.17) is 0 Å². The van der Waals surface area contributed by atoms with Crippen LogP contribution in [-0.4, -0.2) is 30.0 Å². The van der Waals surface area contributed by atoms with Crippen LogP contribution in [0.3, 0.4) is 0 Å². The van der Waals surface area contributed by atoms with Crippen LogP contribution >= 0.6 is 0 Å². The zero-order valence-corrected chi connectivity index (χ0v) is 15.9. The van der Waals surface area contributed by atoms with Crippen molar-refractivity contribution in [3.63, 3.8) is 0 Å². The van der Waals surface area contributed by atoms with Crippen molar-refractivity contribution in [3.8, 4) is 0 Å². The van der Waals surface area contributed by atoms with Crippen molar-refractivity contribution in [1.29, 1.82) is 0 Å². The minimum absolute atomic E-state index is 0.0868. The van der Waals surface area contributed by atoms with Gasteiger partial charge in [0.15, 0.2) is 9.84 Å². The summed E-state index contributed by atoms with van der Waals surface area (Å²) in [4.78, 5) is 0.406. The quantitative estimate of drug-likeness (QED) is 0.835. The van der Waals surface area contributed by atoms with E-state index < -0.39 is 9.84 Å². The minimum atomic E-state index is -3.30. The molecule has 0 amide bonds. The Balaban J connectivity index is 2.08. The van der Waals surface area contributed by atoms with Gasteiger partial charge in [0.25, 0.3) is 0 Å². The highest BCUT2D eigenvalue weighted by Crippen LogP contribution is 2.17. The SMILES string of the molecule is CC[C@H](CS(=O)(=O)c1ccc(C)c(C)c1)NCc1cnn(C)c1C. The van der Waals surface area contributed by atoms with Crippen LogP contribution in [0.1, 0.15) is 35.7 Å². The maximum atomic E-state index is 12.7. The first kappa shape index (κ1) is 18.7. The van der Waals surface area contributed by atoms with Gasteiger partial charge in [0, 0.05) is 30.9 Å². The average Bonchev–Trinajstić information content (AvgIpc) is 2.85. The summed E-state index contributed by atoms with van der Waals surface area (Å²) in [6.07, 6.45) is 2.58. The molecule has 0 aliphatic heterocycles. The average molecular weight is 350 g/mol. The molecule has 1 aromatic heterocycles. The Morgan fingerprint density at radius 2 is 1.92 bits per heavy atom. The zero-order valence-electron chi connectivity index (χ0n) is 15.1. The molecule has 0 saturated carbocycles. The van der Waals surface area contributed by atoms with E-state index in [0.29, 0.717) is 11.4 Å². The molecular weight excluding hydrogens is 322 g/mol. The first-order valence-corrected chi connectivity index (χ1v) is 9.90. The Bertz CT molecular complexity index is 810. The van der Waals surface area contributed by atoms with Gasteiger partial charge in [-0.15, -0.1) is 0 Å². The summed E-state index contributed by atoms with van der Waals surface area (Å²) < 4.78 is 27.2. The smallest absolute Gasteiger partial charge is 0.179 e. The maximum absolute atomic E-state index is 12.7. The molecule has 1 atom stereocenters. The molecular formula is C18H27N3O2S. The second-order valence-corrected chi connectivity index (χ2v) is 8.43. The third kappa shape index (κ3) is 4.24. The molecule has 0 bridgehead atoms. The maximum Gasteiger partial charge on any atom is 0.179 e. The third-order valence-corrected chi connectivity index (χ3v) is 6.48. The van der Waals surface area contributed by atoms with E-state index in [1.807, 2.05) is 51.7 Å². The molecule has 2 rings (SSSR count). The predicted molar refractivity (Wildman–Crippen MR) is 96.8 cm³/mol. The van der Waals surface area contributed by atoms with Gasteiger partial charge in [-0.3, -0.25) is 4.68 Å². The van der Waals surface area contributed by atoms with E-state index in [0.717, 1.165) is 28.8 Å². The number of nitrogens with zero attached hydrogens (tertiary/aromatic N) is 2. The highest BCUT2D eigenvalue weighted by molar-refractivity contribution is 7.91. The summed E-state index contributed by atoms with van der Waals surface area (Å²) in [7, 11) is -1.40. The minimum Gasteiger partial charge on any atom is -0.309 e. The first-order chi connectivity index (χ1) is 11.2. The van der Waals surface area contributed by atoms with Crippen molar-refractivity contribution < 1.29 is 8.42 Å². The van der Waals surface area contributed by atoms with Crippen molar-refractivity contribution in [1.82, 2.24) is 15.1 Å². The van der Waals surface area contributed by atoms with Gasteiger partial charge in [0.1, 0.15) is 0 Å². The Labute approximate surface area is 145 Å². The van der Waals surface area contributed by atoms with E-state index in [1.165, 1.54) is 0 Å². The second kappa shape index (κ2) is 7.49. The number of rotatable bonds is 7. The van der Waals surface area contributed by atoms with Crippen molar-refractivity contribution in [2.75, 3.05) is 5.75 Å². The molecule has 1 N–H and O–H groups in total. The van der Waals surface area contributed by atoms with Crippen LogP contribution in [0.25, 0.3) is 0 Å². The molecule has 24 heavy (non-hydrogen) atoms. The normalized spacial score (nSPS) is 13.2. The molecule has 0 aliphatic carbocycles. The highest BCUT2D eigenvalue weighted by Gasteiger charge is 2.21. The van der Waals surface area contributed by atoms with Crippen molar-refractivity contribution >= 4 is 9.84 Å². The lowest BCUT2D eigenvalue weighted by Crippen LogP contribution is -2.35. The third-order valence-electron chi connectivity index (χ3n) is 4.67. The molecule has 0 aliphatic rings. The first-order valence-electron chi connectivity index (χ1n) is 8.25. The molecule has 132 valence electrons. The van der Waals surface area contributed by atoms with E-state index >= 15 is 0 Å². The Hall–Kier alpha value is -1.66. The Kier molecular flexibility index (Phi) is 5.83. The van der Waals surface area contributed by atoms with Crippen LogP contribution in [0, 0.1) is 20.8 Å². The molecule has 0 fully saturated rings. The Morgan fingerprint density at radius 1 is 1.21 bits per heavy atom. The lowest BCUT2D eigenvalue weighted by Gasteiger charge is -2.17. The van der Waals surface area contributed by atoms with Crippen LogP contribution < -0.4 is 5.32 Å². The van der Waals surface area contributed by atoms with E-state index in [-0.39, 0.29) is 11.8 Å². The topological polar surface area (TPSA) is 64.0 Å². The lowest BCUT2D eigenvalue weighted by atomic mass is 10.1. The molecule has 0 radical (unpaired) electrons.